The Hall–Kier alpha value is -2.76. The van der Waals surface area contributed by atoms with E-state index in [2.05, 4.69) is 9.73 Å². The number of carbonyl (C=O) groups excluding carboxylic acids is 3. The van der Waals surface area contributed by atoms with Crippen molar-refractivity contribution in [2.24, 2.45) is 4.99 Å². The lowest BCUT2D eigenvalue weighted by Crippen LogP contribution is -2.39. The van der Waals surface area contributed by atoms with Gasteiger partial charge < -0.3 is 14.8 Å². The predicted octanol–water partition coefficient (Wildman–Crippen LogP) is 4.48. The van der Waals surface area contributed by atoms with Crippen LogP contribution in [0.4, 0.5) is 32.4 Å². The van der Waals surface area contributed by atoms with E-state index in [0.717, 1.165) is 0 Å². The number of nitrogens with zero attached hydrogens (tertiary/aromatic N) is 1. The largest absolute Gasteiger partial charge is 0.464 e. The second-order valence-electron chi connectivity index (χ2n) is 5.81. The molecule has 2 amide bonds. The molecule has 1 aromatic rings. The Labute approximate surface area is 172 Å². The van der Waals surface area contributed by atoms with Crippen molar-refractivity contribution >= 4 is 41.0 Å². The minimum absolute atomic E-state index is 0.387. The van der Waals surface area contributed by atoms with Gasteiger partial charge in [-0.25, -0.2) is 23.2 Å². The van der Waals surface area contributed by atoms with Crippen LogP contribution in [-0.4, -0.2) is 48.7 Å². The van der Waals surface area contributed by atoms with Crippen molar-refractivity contribution < 1.29 is 45.8 Å². The zero-order valence-corrected chi connectivity index (χ0v) is 16.5. The molecular weight excluding hydrogens is 443 g/mol. The maximum Gasteiger partial charge on any atom is 0.433 e. The van der Waals surface area contributed by atoms with Crippen molar-refractivity contribution in [1.82, 2.24) is 0 Å². The number of carbonyl (C=O) groups is 3. The van der Waals surface area contributed by atoms with Crippen molar-refractivity contribution in [2.45, 2.75) is 39.2 Å². The molecule has 1 aromatic carbocycles. The number of nitrogens with one attached hydrogen (secondary N) is 1. The number of aliphatic imine (C=N–C) groups is 1. The van der Waals surface area contributed by atoms with Gasteiger partial charge in [0.05, 0.1) is 29.0 Å². The minimum Gasteiger partial charge on any atom is -0.464 e. The van der Waals surface area contributed by atoms with E-state index in [9.17, 15) is 36.3 Å². The van der Waals surface area contributed by atoms with Gasteiger partial charge in [0.15, 0.2) is 5.71 Å². The molecule has 30 heavy (non-hydrogen) atoms. The minimum atomic E-state index is -5.51. The van der Waals surface area contributed by atoms with E-state index in [1.165, 1.54) is 20.8 Å². The smallest absolute Gasteiger partial charge is 0.433 e. The Kier molecular flexibility index (Phi) is 8.70. The molecule has 1 N–H and O–H groups in total. The second kappa shape index (κ2) is 10.3. The van der Waals surface area contributed by atoms with E-state index < -0.39 is 65.8 Å². The Morgan fingerprint density at radius 2 is 1.83 bits per heavy atom. The van der Waals surface area contributed by atoms with E-state index >= 15 is 0 Å². The van der Waals surface area contributed by atoms with Gasteiger partial charge in [0.25, 0.3) is 0 Å². The zero-order valence-electron chi connectivity index (χ0n) is 15.8. The van der Waals surface area contributed by atoms with E-state index in [4.69, 9.17) is 16.3 Å². The zero-order chi connectivity index (χ0) is 23.2. The third kappa shape index (κ3) is 6.94. The van der Waals surface area contributed by atoms with Gasteiger partial charge in [-0.05, 0) is 32.9 Å². The molecule has 0 aliphatic heterocycles. The Morgan fingerprint density at radius 1 is 1.23 bits per heavy atom. The average molecular weight is 459 g/mol. The van der Waals surface area contributed by atoms with Gasteiger partial charge in [-0.2, -0.15) is 18.2 Å². The highest BCUT2D eigenvalue weighted by atomic mass is 35.5. The summed E-state index contributed by atoms with van der Waals surface area (Å²) in [5.74, 6) is -4.12. The number of hydrogen-bond donors (Lipinski definition) is 1. The van der Waals surface area contributed by atoms with Gasteiger partial charge >= 0.3 is 24.1 Å². The quantitative estimate of drug-likeness (QED) is 0.385. The lowest BCUT2D eigenvalue weighted by atomic mass is 10.2. The monoisotopic (exact) mass is 458 g/mol. The second-order valence-corrected chi connectivity index (χ2v) is 6.21. The molecule has 0 aliphatic carbocycles. The van der Waals surface area contributed by atoms with Gasteiger partial charge in [-0.3, -0.25) is 0 Å². The molecule has 0 aromatic heterocycles. The average Bonchev–Trinajstić information content (AvgIpc) is 2.59. The number of ether oxygens (including phenoxy) is 2. The van der Waals surface area contributed by atoms with E-state index in [-0.39, 0.29) is 5.02 Å². The molecular formula is C17H16ClF5N2O5. The van der Waals surface area contributed by atoms with Crippen LogP contribution in [0.15, 0.2) is 17.1 Å². The summed E-state index contributed by atoms with van der Waals surface area (Å²) in [7, 11) is 0. The van der Waals surface area contributed by atoms with Gasteiger partial charge in [-0.15, -0.1) is 0 Å². The number of halogens is 6. The van der Waals surface area contributed by atoms with Crippen molar-refractivity contribution in [1.29, 1.82) is 0 Å². The molecule has 0 saturated heterocycles. The molecule has 1 unspecified atom stereocenters. The van der Waals surface area contributed by atoms with E-state index in [1.54, 1.807) is 5.32 Å². The molecule has 7 nitrogen and oxygen atoms in total. The first kappa shape index (κ1) is 25.3. The normalized spacial score (nSPS) is 13.1. The number of benzene rings is 1. The Bertz CT molecular complexity index is 858. The standard InChI is InChI=1S/C17H16ClF5N2O5/c1-4-29-15(27)12(20)13(17(21,22)23)25-16(28)24-11-5-8(9(18)6-10(11)19)14(26)30-7(2)3/h5-7,12H,4H2,1-3H3,(H,24,28). The van der Waals surface area contributed by atoms with Crippen LogP contribution in [0.5, 0.6) is 0 Å². The fourth-order valence-corrected chi connectivity index (χ4v) is 2.15. The van der Waals surface area contributed by atoms with Crippen LogP contribution in [0.3, 0.4) is 0 Å². The highest BCUT2D eigenvalue weighted by molar-refractivity contribution is 6.33. The molecule has 0 bridgehead atoms. The van der Waals surface area contributed by atoms with Crippen LogP contribution in [0, 0.1) is 5.82 Å². The van der Waals surface area contributed by atoms with Crippen LogP contribution >= 0.6 is 11.6 Å². The number of esters is 2. The number of rotatable bonds is 6. The van der Waals surface area contributed by atoms with Crippen LogP contribution in [0.1, 0.15) is 31.1 Å². The predicted molar refractivity (Wildman–Crippen MR) is 96.0 cm³/mol. The highest BCUT2D eigenvalue weighted by Gasteiger charge is 2.45. The number of anilines is 1. The summed E-state index contributed by atoms with van der Waals surface area (Å²) in [5, 5.41) is 1.24. The molecule has 0 radical (unpaired) electrons. The van der Waals surface area contributed by atoms with Crippen molar-refractivity contribution in [3.63, 3.8) is 0 Å². The summed E-state index contributed by atoms with van der Waals surface area (Å²) < 4.78 is 75.8. The van der Waals surface area contributed by atoms with Crippen molar-refractivity contribution in [2.75, 3.05) is 11.9 Å². The number of hydrogen-bond acceptors (Lipinski definition) is 5. The van der Waals surface area contributed by atoms with Crippen LogP contribution in [0.2, 0.25) is 5.02 Å². The molecule has 0 spiro atoms. The highest BCUT2D eigenvalue weighted by Crippen LogP contribution is 2.26. The Morgan fingerprint density at radius 3 is 2.33 bits per heavy atom. The summed E-state index contributed by atoms with van der Waals surface area (Å²) in [6.45, 7) is 3.85. The summed E-state index contributed by atoms with van der Waals surface area (Å²) >= 11 is 5.74. The number of urea groups is 1. The lowest BCUT2D eigenvalue weighted by Gasteiger charge is -2.14. The molecule has 0 saturated carbocycles. The van der Waals surface area contributed by atoms with Crippen molar-refractivity contribution in [3.05, 3.63) is 28.5 Å². The number of amides is 2. The first-order valence-corrected chi connectivity index (χ1v) is 8.63. The summed E-state index contributed by atoms with van der Waals surface area (Å²) in [6, 6.07) is -0.543. The van der Waals surface area contributed by atoms with E-state index in [0.29, 0.717) is 12.1 Å². The molecule has 0 aliphatic rings. The van der Waals surface area contributed by atoms with Gasteiger partial charge in [0.2, 0.25) is 6.17 Å². The van der Waals surface area contributed by atoms with Gasteiger partial charge in [0, 0.05) is 0 Å². The van der Waals surface area contributed by atoms with Crippen LogP contribution in [0.25, 0.3) is 0 Å². The first-order valence-electron chi connectivity index (χ1n) is 8.25. The van der Waals surface area contributed by atoms with Crippen molar-refractivity contribution in [3.8, 4) is 0 Å². The topological polar surface area (TPSA) is 94.1 Å². The van der Waals surface area contributed by atoms with Gasteiger partial charge in [0.1, 0.15) is 5.82 Å². The molecule has 13 heteroatoms. The fourth-order valence-electron chi connectivity index (χ4n) is 1.92. The van der Waals surface area contributed by atoms with Gasteiger partial charge in [-0.1, -0.05) is 11.6 Å². The van der Waals surface area contributed by atoms with E-state index in [1.807, 2.05) is 0 Å². The molecule has 0 fully saturated rings. The maximum absolute atomic E-state index is 14.0. The molecule has 166 valence electrons. The number of alkyl halides is 4. The third-order valence-corrected chi connectivity index (χ3v) is 3.42. The molecule has 1 atom stereocenters. The lowest BCUT2D eigenvalue weighted by molar-refractivity contribution is -0.148. The fraction of sp³-hybridized carbons (Fsp3) is 0.412. The maximum atomic E-state index is 14.0. The summed E-state index contributed by atoms with van der Waals surface area (Å²) in [4.78, 5) is 37.5. The SMILES string of the molecule is CCOC(=O)C(F)C(=NC(=O)Nc1cc(C(=O)OC(C)C)c(Cl)cc1F)C(F)(F)F. The molecule has 0 heterocycles. The third-order valence-electron chi connectivity index (χ3n) is 3.11. The Balaban J connectivity index is 3.23. The van der Waals surface area contributed by atoms with Crippen LogP contribution in [-0.2, 0) is 14.3 Å². The summed E-state index contributed by atoms with van der Waals surface area (Å²) in [5.41, 5.74) is -3.57. The first-order chi connectivity index (χ1) is 13.8. The summed E-state index contributed by atoms with van der Waals surface area (Å²) in [6.07, 6.45) is -9.48. The molecule has 1 rings (SSSR count). The van der Waals surface area contributed by atoms with Crippen LogP contribution < -0.4 is 5.32 Å².